The Bertz CT molecular complexity index is 356. The van der Waals surface area contributed by atoms with E-state index in [9.17, 15) is 4.39 Å². The summed E-state index contributed by atoms with van der Waals surface area (Å²) in [6, 6.07) is 3.41. The lowest BCUT2D eigenvalue weighted by Crippen LogP contribution is -2.02. The quantitative estimate of drug-likeness (QED) is 0.736. The average molecular weight is 208 g/mol. The van der Waals surface area contributed by atoms with Crippen molar-refractivity contribution in [2.45, 2.75) is 33.1 Å². The fourth-order valence-corrected chi connectivity index (χ4v) is 1.61. The molecular formula is C13H17FO. The Hall–Kier alpha value is -1.05. The van der Waals surface area contributed by atoms with Gasteiger partial charge >= 0.3 is 0 Å². The predicted molar refractivity (Wildman–Crippen MR) is 58.7 cm³/mol. The van der Waals surface area contributed by atoms with Gasteiger partial charge in [0.25, 0.3) is 0 Å². The highest BCUT2D eigenvalue weighted by atomic mass is 19.1. The van der Waals surface area contributed by atoms with Crippen molar-refractivity contribution in [2.24, 2.45) is 5.92 Å². The van der Waals surface area contributed by atoms with Gasteiger partial charge in [-0.05, 0) is 55.4 Å². The lowest BCUT2D eigenvalue weighted by Gasteiger charge is -2.10. The monoisotopic (exact) mass is 208 g/mol. The third-order valence-electron chi connectivity index (χ3n) is 2.90. The van der Waals surface area contributed by atoms with E-state index in [2.05, 4.69) is 0 Å². The van der Waals surface area contributed by atoms with Gasteiger partial charge in [0, 0.05) is 0 Å². The van der Waals surface area contributed by atoms with Gasteiger partial charge in [-0.2, -0.15) is 0 Å². The maximum atomic E-state index is 13.4. The number of ether oxygens (including phenoxy) is 1. The maximum Gasteiger partial charge on any atom is 0.126 e. The molecule has 0 bridgehead atoms. The van der Waals surface area contributed by atoms with E-state index in [-0.39, 0.29) is 5.82 Å². The molecule has 0 heterocycles. The van der Waals surface area contributed by atoms with Crippen LogP contribution >= 0.6 is 0 Å². The molecule has 82 valence electrons. The van der Waals surface area contributed by atoms with Crippen LogP contribution in [0.4, 0.5) is 4.39 Å². The Morgan fingerprint density at radius 2 is 2.13 bits per heavy atom. The highest BCUT2D eigenvalue weighted by molar-refractivity contribution is 5.37. The SMILES string of the molecule is CCc1cc(OCC2CC2)c(C)cc1F. The Morgan fingerprint density at radius 1 is 1.40 bits per heavy atom. The van der Waals surface area contributed by atoms with Crippen molar-refractivity contribution in [3.05, 3.63) is 29.1 Å². The molecule has 0 amide bonds. The summed E-state index contributed by atoms with van der Waals surface area (Å²) in [5.74, 6) is 1.47. The summed E-state index contributed by atoms with van der Waals surface area (Å²) in [6.07, 6.45) is 3.27. The van der Waals surface area contributed by atoms with Gasteiger partial charge in [-0.1, -0.05) is 6.92 Å². The number of hydrogen-bond donors (Lipinski definition) is 0. The van der Waals surface area contributed by atoms with E-state index in [4.69, 9.17) is 4.74 Å². The average Bonchev–Trinajstić information content (AvgIpc) is 3.00. The van der Waals surface area contributed by atoms with Gasteiger partial charge < -0.3 is 4.74 Å². The van der Waals surface area contributed by atoms with Crippen LogP contribution in [-0.2, 0) is 6.42 Å². The molecule has 0 saturated heterocycles. The Balaban J connectivity index is 2.13. The second-order valence-electron chi connectivity index (χ2n) is 4.32. The molecule has 2 heteroatoms. The van der Waals surface area contributed by atoms with E-state index in [1.54, 1.807) is 6.07 Å². The fourth-order valence-electron chi connectivity index (χ4n) is 1.61. The van der Waals surface area contributed by atoms with Gasteiger partial charge in [0.15, 0.2) is 0 Å². The molecule has 0 spiro atoms. The van der Waals surface area contributed by atoms with E-state index < -0.39 is 0 Å². The Morgan fingerprint density at radius 3 is 2.73 bits per heavy atom. The molecular weight excluding hydrogens is 191 g/mol. The zero-order chi connectivity index (χ0) is 10.8. The first kappa shape index (κ1) is 10.5. The van der Waals surface area contributed by atoms with E-state index in [0.29, 0.717) is 6.42 Å². The second kappa shape index (κ2) is 4.21. The summed E-state index contributed by atoms with van der Waals surface area (Å²) < 4.78 is 19.1. The van der Waals surface area contributed by atoms with Gasteiger partial charge in [-0.15, -0.1) is 0 Å². The summed E-state index contributed by atoms with van der Waals surface area (Å²) >= 11 is 0. The van der Waals surface area contributed by atoms with Gasteiger partial charge in [0.05, 0.1) is 6.61 Å². The normalized spacial score (nSPS) is 15.4. The van der Waals surface area contributed by atoms with Gasteiger partial charge in [0.1, 0.15) is 11.6 Å². The largest absolute Gasteiger partial charge is 0.493 e. The first-order chi connectivity index (χ1) is 7.20. The molecule has 1 aliphatic rings. The molecule has 0 unspecified atom stereocenters. The molecule has 0 aromatic heterocycles. The summed E-state index contributed by atoms with van der Waals surface area (Å²) in [5.41, 5.74) is 1.64. The summed E-state index contributed by atoms with van der Waals surface area (Å²) in [6.45, 7) is 4.64. The second-order valence-corrected chi connectivity index (χ2v) is 4.32. The molecule has 0 N–H and O–H groups in total. The molecule has 0 atom stereocenters. The van der Waals surface area contributed by atoms with Crippen LogP contribution in [-0.4, -0.2) is 6.61 Å². The Labute approximate surface area is 90.3 Å². The topological polar surface area (TPSA) is 9.23 Å². The van der Waals surface area contributed by atoms with Crippen LogP contribution in [0.5, 0.6) is 5.75 Å². The zero-order valence-electron chi connectivity index (χ0n) is 9.35. The maximum absolute atomic E-state index is 13.4. The molecule has 15 heavy (non-hydrogen) atoms. The Kier molecular flexibility index (Phi) is 2.94. The summed E-state index contributed by atoms with van der Waals surface area (Å²) in [5, 5.41) is 0. The molecule has 0 aliphatic heterocycles. The third kappa shape index (κ3) is 2.49. The minimum atomic E-state index is -0.117. The molecule has 1 saturated carbocycles. The van der Waals surface area contributed by atoms with Crippen molar-refractivity contribution in [2.75, 3.05) is 6.61 Å². The van der Waals surface area contributed by atoms with Crippen LogP contribution in [0, 0.1) is 18.7 Å². The first-order valence-electron chi connectivity index (χ1n) is 5.62. The molecule has 1 aromatic rings. The first-order valence-corrected chi connectivity index (χ1v) is 5.62. The number of benzene rings is 1. The zero-order valence-corrected chi connectivity index (χ0v) is 9.35. The minimum Gasteiger partial charge on any atom is -0.493 e. The van der Waals surface area contributed by atoms with Gasteiger partial charge in [-0.25, -0.2) is 4.39 Å². The van der Waals surface area contributed by atoms with Crippen molar-refractivity contribution in [3.63, 3.8) is 0 Å². The van der Waals surface area contributed by atoms with Crippen LogP contribution < -0.4 is 4.74 Å². The van der Waals surface area contributed by atoms with Crippen LogP contribution in [0.25, 0.3) is 0 Å². The third-order valence-corrected chi connectivity index (χ3v) is 2.90. The van der Waals surface area contributed by atoms with Gasteiger partial charge in [0.2, 0.25) is 0 Å². The smallest absolute Gasteiger partial charge is 0.126 e. The number of rotatable bonds is 4. The number of aryl methyl sites for hydroxylation is 2. The molecule has 0 radical (unpaired) electrons. The lowest BCUT2D eigenvalue weighted by atomic mass is 10.1. The molecule has 2 rings (SSSR count). The van der Waals surface area contributed by atoms with E-state index in [1.165, 1.54) is 12.8 Å². The lowest BCUT2D eigenvalue weighted by molar-refractivity contribution is 0.297. The fraction of sp³-hybridized carbons (Fsp3) is 0.538. The molecule has 1 aliphatic carbocycles. The van der Waals surface area contributed by atoms with Crippen LogP contribution in [0.1, 0.15) is 30.9 Å². The van der Waals surface area contributed by atoms with E-state index in [1.807, 2.05) is 19.9 Å². The van der Waals surface area contributed by atoms with Crippen molar-refractivity contribution in [1.82, 2.24) is 0 Å². The van der Waals surface area contributed by atoms with Gasteiger partial charge in [-0.3, -0.25) is 0 Å². The summed E-state index contributed by atoms with van der Waals surface area (Å²) in [7, 11) is 0. The van der Waals surface area contributed by atoms with Crippen LogP contribution in [0.2, 0.25) is 0 Å². The minimum absolute atomic E-state index is 0.117. The highest BCUT2D eigenvalue weighted by Gasteiger charge is 2.22. The van der Waals surface area contributed by atoms with Crippen molar-refractivity contribution >= 4 is 0 Å². The molecule has 1 fully saturated rings. The molecule has 1 aromatic carbocycles. The summed E-state index contributed by atoms with van der Waals surface area (Å²) in [4.78, 5) is 0. The van der Waals surface area contributed by atoms with Crippen molar-refractivity contribution < 1.29 is 9.13 Å². The van der Waals surface area contributed by atoms with E-state index >= 15 is 0 Å². The number of hydrogen-bond acceptors (Lipinski definition) is 1. The highest BCUT2D eigenvalue weighted by Crippen LogP contribution is 2.31. The van der Waals surface area contributed by atoms with E-state index in [0.717, 1.165) is 29.4 Å². The van der Waals surface area contributed by atoms with Crippen molar-refractivity contribution in [1.29, 1.82) is 0 Å². The molecule has 1 nitrogen and oxygen atoms in total. The van der Waals surface area contributed by atoms with Crippen LogP contribution in [0.3, 0.4) is 0 Å². The number of halogens is 1. The van der Waals surface area contributed by atoms with Crippen LogP contribution in [0.15, 0.2) is 12.1 Å². The standard InChI is InChI=1S/C13H17FO/c1-3-11-7-13(9(2)6-12(11)14)15-8-10-4-5-10/h6-7,10H,3-5,8H2,1-2H3. The predicted octanol–water partition coefficient (Wildman–Crippen LogP) is 3.49. The van der Waals surface area contributed by atoms with Crippen molar-refractivity contribution in [3.8, 4) is 5.75 Å².